The van der Waals surface area contributed by atoms with Crippen molar-refractivity contribution in [3.05, 3.63) is 82.0 Å². The lowest BCUT2D eigenvalue weighted by atomic mass is 9.96. The lowest BCUT2D eigenvalue weighted by Crippen LogP contribution is -2.49. The maximum absolute atomic E-state index is 13.2. The van der Waals surface area contributed by atoms with Gasteiger partial charge >= 0.3 is 0 Å². The van der Waals surface area contributed by atoms with E-state index in [2.05, 4.69) is 29.2 Å². The van der Waals surface area contributed by atoms with Gasteiger partial charge in [-0.25, -0.2) is 9.97 Å². The van der Waals surface area contributed by atoms with Crippen molar-refractivity contribution in [2.24, 2.45) is 0 Å². The van der Waals surface area contributed by atoms with Crippen LogP contribution in [0.4, 0.5) is 5.82 Å². The average molecular weight is 499 g/mol. The minimum Gasteiger partial charge on any atom is -0.496 e. The number of hydrogen-bond donors (Lipinski definition) is 0. The van der Waals surface area contributed by atoms with Crippen molar-refractivity contribution >= 4 is 33.3 Å². The second kappa shape index (κ2) is 9.90. The molecule has 2 aromatic carbocycles. The lowest BCUT2D eigenvalue weighted by Gasteiger charge is -2.36. The molecule has 1 aliphatic carbocycles. The van der Waals surface area contributed by atoms with Crippen molar-refractivity contribution < 1.29 is 9.53 Å². The summed E-state index contributed by atoms with van der Waals surface area (Å²) in [7, 11) is 1.61. The molecule has 6 rings (SSSR count). The largest absolute Gasteiger partial charge is 0.496 e. The Morgan fingerprint density at radius 3 is 2.50 bits per heavy atom. The van der Waals surface area contributed by atoms with Crippen molar-refractivity contribution in [3.8, 4) is 5.75 Å². The van der Waals surface area contributed by atoms with Gasteiger partial charge in [-0.15, -0.1) is 11.3 Å². The van der Waals surface area contributed by atoms with Gasteiger partial charge in [-0.1, -0.05) is 42.5 Å². The molecule has 1 saturated heterocycles. The summed E-state index contributed by atoms with van der Waals surface area (Å²) in [4.78, 5) is 30.3. The summed E-state index contributed by atoms with van der Waals surface area (Å²) in [5.74, 6) is 2.57. The molecular formula is C29H30N4O2S. The number of carbonyl (C=O) groups is 1. The van der Waals surface area contributed by atoms with Gasteiger partial charge in [0, 0.05) is 37.5 Å². The van der Waals surface area contributed by atoms with Crippen LogP contribution in [0.1, 0.15) is 45.0 Å². The van der Waals surface area contributed by atoms with E-state index in [1.54, 1.807) is 7.11 Å². The highest BCUT2D eigenvalue weighted by molar-refractivity contribution is 7.19. The van der Waals surface area contributed by atoms with Crippen LogP contribution in [0.25, 0.3) is 10.2 Å². The zero-order valence-electron chi connectivity index (χ0n) is 20.6. The van der Waals surface area contributed by atoms with E-state index in [1.807, 2.05) is 46.6 Å². The molecule has 0 N–H and O–H groups in total. The van der Waals surface area contributed by atoms with Crippen molar-refractivity contribution in [3.63, 3.8) is 0 Å². The molecule has 2 aliphatic rings. The van der Waals surface area contributed by atoms with Crippen molar-refractivity contribution in [1.29, 1.82) is 0 Å². The number of ether oxygens (including phenoxy) is 1. The fraction of sp³-hybridized carbons (Fsp3) is 0.345. The van der Waals surface area contributed by atoms with E-state index in [1.165, 1.54) is 34.2 Å². The number of thiophene rings is 1. The van der Waals surface area contributed by atoms with Crippen molar-refractivity contribution in [1.82, 2.24) is 14.9 Å². The molecule has 6 nitrogen and oxygen atoms in total. The van der Waals surface area contributed by atoms with Gasteiger partial charge in [0.25, 0.3) is 5.91 Å². The molecule has 1 amide bonds. The molecule has 2 aromatic heterocycles. The quantitative estimate of drug-likeness (QED) is 0.382. The van der Waals surface area contributed by atoms with E-state index in [-0.39, 0.29) is 5.91 Å². The van der Waals surface area contributed by atoms with Crippen LogP contribution >= 0.6 is 11.3 Å². The Morgan fingerprint density at radius 1 is 0.944 bits per heavy atom. The molecular weight excluding hydrogens is 468 g/mol. The topological polar surface area (TPSA) is 58.6 Å². The highest BCUT2D eigenvalue weighted by Crippen LogP contribution is 2.40. The Bertz CT molecular complexity index is 1390. The minimum atomic E-state index is 0.0256. The van der Waals surface area contributed by atoms with Gasteiger partial charge < -0.3 is 14.5 Å². The number of aryl methyl sites for hydroxylation is 2. The maximum atomic E-state index is 13.2. The second-order valence-corrected chi connectivity index (χ2v) is 10.6. The third kappa shape index (κ3) is 4.32. The summed E-state index contributed by atoms with van der Waals surface area (Å²) in [5.41, 5.74) is 3.29. The smallest absolute Gasteiger partial charge is 0.257 e. The lowest BCUT2D eigenvalue weighted by molar-refractivity contribution is 0.0743. The molecule has 36 heavy (non-hydrogen) atoms. The van der Waals surface area contributed by atoms with Gasteiger partial charge in [-0.3, -0.25) is 4.79 Å². The number of rotatable bonds is 5. The average Bonchev–Trinajstić information content (AvgIpc) is 3.31. The summed E-state index contributed by atoms with van der Waals surface area (Å²) in [5, 5.41) is 1.25. The molecule has 1 aliphatic heterocycles. The number of carbonyl (C=O) groups excluding carboxylic acids is 1. The third-order valence-electron chi connectivity index (χ3n) is 7.25. The number of fused-ring (bicyclic) bond motifs is 3. The van der Waals surface area contributed by atoms with Crippen LogP contribution in [0.3, 0.4) is 0 Å². The predicted molar refractivity (Wildman–Crippen MR) is 144 cm³/mol. The molecule has 0 radical (unpaired) electrons. The molecule has 0 spiro atoms. The predicted octanol–water partition coefficient (Wildman–Crippen LogP) is 5.13. The minimum absolute atomic E-state index is 0.0256. The zero-order chi connectivity index (χ0) is 24.5. The summed E-state index contributed by atoms with van der Waals surface area (Å²) in [6, 6.07) is 17.9. The van der Waals surface area contributed by atoms with Gasteiger partial charge in [-0.05, 0) is 48.9 Å². The van der Waals surface area contributed by atoms with E-state index >= 15 is 0 Å². The normalized spacial score (nSPS) is 15.7. The fourth-order valence-corrected chi connectivity index (χ4v) is 6.66. The molecule has 0 atom stereocenters. The number of methoxy groups -OCH3 is 1. The fourth-order valence-electron chi connectivity index (χ4n) is 5.38. The summed E-state index contributed by atoms with van der Waals surface area (Å²) >= 11 is 1.85. The van der Waals surface area contributed by atoms with E-state index in [9.17, 15) is 4.79 Å². The Balaban J connectivity index is 1.30. The summed E-state index contributed by atoms with van der Waals surface area (Å²) in [6.45, 7) is 2.82. The van der Waals surface area contributed by atoms with Crippen LogP contribution in [0, 0.1) is 0 Å². The molecule has 4 aromatic rings. The first-order valence-electron chi connectivity index (χ1n) is 12.7. The zero-order valence-corrected chi connectivity index (χ0v) is 21.4. The van der Waals surface area contributed by atoms with Gasteiger partial charge in [0.1, 0.15) is 22.2 Å². The second-order valence-electron chi connectivity index (χ2n) is 9.50. The number of amides is 1. The van der Waals surface area contributed by atoms with Crippen molar-refractivity contribution in [2.75, 3.05) is 38.2 Å². The molecule has 3 heterocycles. The Kier molecular flexibility index (Phi) is 6.32. The first-order chi connectivity index (χ1) is 17.7. The van der Waals surface area contributed by atoms with Gasteiger partial charge in [0.15, 0.2) is 0 Å². The van der Waals surface area contributed by atoms with E-state index in [0.29, 0.717) is 24.4 Å². The molecule has 184 valence electrons. The number of para-hydroxylation sites is 1. The van der Waals surface area contributed by atoms with E-state index < -0.39 is 0 Å². The standard InChI is InChI=1S/C29H30N4O2S/c1-35-23-13-7-5-11-21(23)29(34)33-17-15-32(16-18-33)27-26-22-12-6-8-14-24(22)36-28(26)31-25(30-27)19-20-9-3-2-4-10-20/h2-5,7,9-11,13H,6,8,12,14-19H2,1H3. The number of aromatic nitrogens is 2. The third-order valence-corrected chi connectivity index (χ3v) is 8.44. The highest BCUT2D eigenvalue weighted by Gasteiger charge is 2.28. The van der Waals surface area contributed by atoms with Crippen LogP contribution in [-0.2, 0) is 19.3 Å². The van der Waals surface area contributed by atoms with Crippen molar-refractivity contribution in [2.45, 2.75) is 32.1 Å². The van der Waals surface area contributed by atoms with Gasteiger partial charge in [-0.2, -0.15) is 0 Å². The molecule has 1 fully saturated rings. The van der Waals surface area contributed by atoms with Gasteiger partial charge in [0.2, 0.25) is 0 Å². The first kappa shape index (κ1) is 23.0. The maximum Gasteiger partial charge on any atom is 0.257 e. The SMILES string of the molecule is COc1ccccc1C(=O)N1CCN(c2nc(Cc3ccccc3)nc3sc4c(c23)CCCC4)CC1. The van der Waals surface area contributed by atoms with Crippen LogP contribution in [0.2, 0.25) is 0 Å². The van der Waals surface area contributed by atoms with Crippen LogP contribution < -0.4 is 9.64 Å². The Hall–Kier alpha value is -3.45. The van der Waals surface area contributed by atoms with Crippen LogP contribution in [-0.4, -0.2) is 54.1 Å². The molecule has 0 unspecified atom stereocenters. The Labute approximate surface area is 215 Å². The molecule has 0 bridgehead atoms. The molecule has 7 heteroatoms. The van der Waals surface area contributed by atoms with E-state index in [4.69, 9.17) is 14.7 Å². The van der Waals surface area contributed by atoms with Gasteiger partial charge in [0.05, 0.1) is 18.1 Å². The number of benzene rings is 2. The summed E-state index contributed by atoms with van der Waals surface area (Å²) in [6.07, 6.45) is 5.45. The van der Waals surface area contributed by atoms with E-state index in [0.717, 1.165) is 48.8 Å². The number of anilines is 1. The monoisotopic (exact) mass is 498 g/mol. The van der Waals surface area contributed by atoms with Crippen LogP contribution in [0.15, 0.2) is 54.6 Å². The number of nitrogens with zero attached hydrogens (tertiary/aromatic N) is 4. The number of piperazine rings is 1. The highest BCUT2D eigenvalue weighted by atomic mass is 32.1. The van der Waals surface area contributed by atoms with Crippen LogP contribution in [0.5, 0.6) is 5.75 Å². The molecule has 0 saturated carbocycles. The summed E-state index contributed by atoms with van der Waals surface area (Å²) < 4.78 is 5.43. The Morgan fingerprint density at radius 2 is 1.69 bits per heavy atom. The first-order valence-corrected chi connectivity index (χ1v) is 13.6. The number of hydrogen-bond acceptors (Lipinski definition) is 6.